The molecule has 3 rings (SSSR count). The van der Waals surface area contributed by atoms with Gasteiger partial charge in [0.25, 0.3) is 5.91 Å². The second-order valence-corrected chi connectivity index (χ2v) is 8.63. The molecule has 2 fully saturated rings. The maximum atomic E-state index is 12.7. The second kappa shape index (κ2) is 8.16. The SMILES string of the molecule is CCOC(=O)N1CCN(C(=O)c2ccc(N3CCCCS3(=O)=O)cc2)CC1. The molecular weight excluding hydrogens is 370 g/mol. The van der Waals surface area contributed by atoms with Crippen LogP contribution >= 0.6 is 0 Å². The van der Waals surface area contributed by atoms with Gasteiger partial charge in [-0.1, -0.05) is 0 Å². The topological polar surface area (TPSA) is 87.2 Å². The molecule has 0 aromatic heterocycles. The lowest BCUT2D eigenvalue weighted by molar-refractivity contribution is 0.0570. The predicted molar refractivity (Wildman–Crippen MR) is 101 cm³/mol. The van der Waals surface area contributed by atoms with Gasteiger partial charge in [0, 0.05) is 38.3 Å². The highest BCUT2D eigenvalue weighted by atomic mass is 32.2. The second-order valence-electron chi connectivity index (χ2n) is 6.62. The van der Waals surface area contributed by atoms with Crippen LogP contribution in [0.3, 0.4) is 0 Å². The van der Waals surface area contributed by atoms with Crippen molar-refractivity contribution in [3.63, 3.8) is 0 Å². The summed E-state index contributed by atoms with van der Waals surface area (Å²) in [6.07, 6.45) is 1.18. The van der Waals surface area contributed by atoms with E-state index in [0.29, 0.717) is 57.0 Å². The van der Waals surface area contributed by atoms with Crippen molar-refractivity contribution in [2.75, 3.05) is 49.4 Å². The number of anilines is 1. The zero-order chi connectivity index (χ0) is 19.4. The number of carbonyl (C=O) groups is 2. The van der Waals surface area contributed by atoms with Gasteiger partial charge in [-0.2, -0.15) is 0 Å². The van der Waals surface area contributed by atoms with Gasteiger partial charge in [-0.05, 0) is 44.0 Å². The summed E-state index contributed by atoms with van der Waals surface area (Å²) in [6.45, 7) is 4.34. The van der Waals surface area contributed by atoms with Crippen LogP contribution in [0.25, 0.3) is 0 Å². The van der Waals surface area contributed by atoms with Gasteiger partial charge in [0.05, 0.1) is 18.0 Å². The number of ether oxygens (including phenoxy) is 1. The van der Waals surface area contributed by atoms with Crippen LogP contribution in [0, 0.1) is 0 Å². The summed E-state index contributed by atoms with van der Waals surface area (Å²) in [6, 6.07) is 6.70. The van der Waals surface area contributed by atoms with E-state index in [-0.39, 0.29) is 17.8 Å². The average molecular weight is 395 g/mol. The number of benzene rings is 1. The van der Waals surface area contributed by atoms with Gasteiger partial charge >= 0.3 is 6.09 Å². The summed E-state index contributed by atoms with van der Waals surface area (Å²) in [5, 5.41) is 0. The van der Waals surface area contributed by atoms with E-state index in [1.165, 1.54) is 4.31 Å². The van der Waals surface area contributed by atoms with Crippen LogP contribution < -0.4 is 4.31 Å². The van der Waals surface area contributed by atoms with Crippen LogP contribution in [0.15, 0.2) is 24.3 Å². The fourth-order valence-electron chi connectivity index (χ4n) is 3.34. The molecule has 0 saturated carbocycles. The number of carbonyl (C=O) groups excluding carboxylic acids is 2. The van der Waals surface area contributed by atoms with Crippen molar-refractivity contribution in [2.24, 2.45) is 0 Å². The molecule has 0 atom stereocenters. The molecule has 0 bridgehead atoms. The van der Waals surface area contributed by atoms with Crippen LogP contribution in [0.5, 0.6) is 0 Å². The number of sulfonamides is 1. The van der Waals surface area contributed by atoms with Crippen LogP contribution in [0.1, 0.15) is 30.1 Å². The standard InChI is InChI=1S/C18H25N3O5S/c1-2-26-18(23)20-12-10-19(11-13-20)17(22)15-5-7-16(8-6-15)21-9-3-4-14-27(21,24)25/h5-8H,2-4,9-14H2,1H3. The van der Waals surface area contributed by atoms with E-state index in [1.807, 2.05) is 0 Å². The first-order chi connectivity index (χ1) is 12.9. The molecule has 9 heteroatoms. The Morgan fingerprint density at radius 2 is 1.59 bits per heavy atom. The Morgan fingerprint density at radius 1 is 0.963 bits per heavy atom. The maximum Gasteiger partial charge on any atom is 0.409 e. The Morgan fingerprint density at radius 3 is 2.19 bits per heavy atom. The van der Waals surface area contributed by atoms with Crippen molar-refractivity contribution in [3.05, 3.63) is 29.8 Å². The smallest absolute Gasteiger partial charge is 0.409 e. The quantitative estimate of drug-likeness (QED) is 0.775. The van der Waals surface area contributed by atoms with Crippen molar-refractivity contribution < 1.29 is 22.7 Å². The molecule has 2 aliphatic heterocycles. The summed E-state index contributed by atoms with van der Waals surface area (Å²) in [5.41, 5.74) is 1.11. The van der Waals surface area contributed by atoms with Gasteiger partial charge in [-0.25, -0.2) is 13.2 Å². The van der Waals surface area contributed by atoms with Gasteiger partial charge in [-0.3, -0.25) is 9.10 Å². The number of rotatable bonds is 3. The third-order valence-corrected chi connectivity index (χ3v) is 6.71. The molecule has 0 N–H and O–H groups in total. The van der Waals surface area contributed by atoms with Crippen molar-refractivity contribution in [3.8, 4) is 0 Å². The molecule has 2 amide bonds. The van der Waals surface area contributed by atoms with Crippen molar-refractivity contribution >= 4 is 27.7 Å². The predicted octanol–water partition coefficient (Wildman–Crippen LogP) is 1.53. The van der Waals surface area contributed by atoms with Crippen molar-refractivity contribution in [1.29, 1.82) is 0 Å². The van der Waals surface area contributed by atoms with Gasteiger partial charge in [0.15, 0.2) is 0 Å². The summed E-state index contributed by atoms with van der Waals surface area (Å²) >= 11 is 0. The molecule has 0 spiro atoms. The first kappa shape index (κ1) is 19.5. The van der Waals surface area contributed by atoms with E-state index in [0.717, 1.165) is 6.42 Å². The third kappa shape index (κ3) is 4.35. The Labute approximate surface area is 159 Å². The van der Waals surface area contributed by atoms with E-state index >= 15 is 0 Å². The van der Waals surface area contributed by atoms with Crippen LogP contribution in [0.2, 0.25) is 0 Å². The fraction of sp³-hybridized carbons (Fsp3) is 0.556. The van der Waals surface area contributed by atoms with Crippen LogP contribution in [-0.4, -0.2) is 75.3 Å². The minimum atomic E-state index is -3.26. The first-order valence-corrected chi connectivity index (χ1v) is 10.8. The molecule has 2 aliphatic rings. The molecule has 148 valence electrons. The number of hydrogen-bond acceptors (Lipinski definition) is 5. The van der Waals surface area contributed by atoms with Crippen molar-refractivity contribution in [2.45, 2.75) is 19.8 Å². The lowest BCUT2D eigenvalue weighted by Crippen LogP contribution is -2.50. The summed E-state index contributed by atoms with van der Waals surface area (Å²) < 4.78 is 30.8. The number of piperazine rings is 1. The third-order valence-electron chi connectivity index (χ3n) is 4.84. The van der Waals surface area contributed by atoms with Gasteiger partial charge in [0.2, 0.25) is 10.0 Å². The Bertz CT molecular complexity index is 786. The molecule has 1 aromatic rings. The van der Waals surface area contributed by atoms with E-state index in [1.54, 1.807) is 41.0 Å². The van der Waals surface area contributed by atoms with Crippen LogP contribution in [0.4, 0.5) is 10.5 Å². The number of amides is 2. The minimum absolute atomic E-state index is 0.119. The first-order valence-electron chi connectivity index (χ1n) is 9.24. The molecule has 0 radical (unpaired) electrons. The molecule has 1 aromatic carbocycles. The Kier molecular flexibility index (Phi) is 5.88. The Hall–Kier alpha value is -2.29. The monoisotopic (exact) mass is 395 g/mol. The summed E-state index contributed by atoms with van der Waals surface area (Å²) in [7, 11) is -3.26. The summed E-state index contributed by atoms with van der Waals surface area (Å²) in [4.78, 5) is 27.7. The van der Waals surface area contributed by atoms with E-state index < -0.39 is 10.0 Å². The number of hydrogen-bond donors (Lipinski definition) is 0. The van der Waals surface area contributed by atoms with Gasteiger partial charge < -0.3 is 14.5 Å². The van der Waals surface area contributed by atoms with E-state index in [4.69, 9.17) is 4.74 Å². The highest BCUT2D eigenvalue weighted by Gasteiger charge is 2.27. The lowest BCUT2D eigenvalue weighted by atomic mass is 10.1. The zero-order valence-corrected chi connectivity index (χ0v) is 16.3. The average Bonchev–Trinajstić information content (AvgIpc) is 2.68. The molecule has 2 heterocycles. The molecule has 8 nitrogen and oxygen atoms in total. The lowest BCUT2D eigenvalue weighted by Gasteiger charge is -2.34. The van der Waals surface area contributed by atoms with E-state index in [9.17, 15) is 18.0 Å². The molecule has 0 aliphatic carbocycles. The van der Waals surface area contributed by atoms with E-state index in [2.05, 4.69) is 0 Å². The fourth-order valence-corrected chi connectivity index (χ4v) is 4.98. The van der Waals surface area contributed by atoms with Crippen molar-refractivity contribution in [1.82, 2.24) is 9.80 Å². The van der Waals surface area contributed by atoms with Gasteiger partial charge in [-0.15, -0.1) is 0 Å². The zero-order valence-electron chi connectivity index (χ0n) is 15.5. The molecule has 2 saturated heterocycles. The molecule has 0 unspecified atom stereocenters. The largest absolute Gasteiger partial charge is 0.450 e. The minimum Gasteiger partial charge on any atom is -0.450 e. The summed E-state index contributed by atoms with van der Waals surface area (Å²) in [5.74, 6) is 0.0462. The number of nitrogens with zero attached hydrogens (tertiary/aromatic N) is 3. The van der Waals surface area contributed by atoms with Gasteiger partial charge in [0.1, 0.15) is 0 Å². The highest BCUT2D eigenvalue weighted by molar-refractivity contribution is 7.92. The normalized spacial score (nSPS) is 19.7. The Balaban J connectivity index is 1.62. The van der Waals surface area contributed by atoms with Crippen LogP contribution in [-0.2, 0) is 14.8 Å². The highest BCUT2D eigenvalue weighted by Crippen LogP contribution is 2.24. The molecule has 27 heavy (non-hydrogen) atoms. The molecular formula is C18H25N3O5S. The maximum absolute atomic E-state index is 12.7.